The van der Waals surface area contributed by atoms with Crippen molar-refractivity contribution >= 4 is 33.2 Å². The second-order valence-corrected chi connectivity index (χ2v) is 7.48. The highest BCUT2D eigenvalue weighted by molar-refractivity contribution is 9.10. The number of carbonyl (C=O) groups excluding carboxylic acids is 1. The standard InChI is InChI=1S/C22H18BrN3O2/c23-18-3-1-2-17(13-18)20-14-21(28-26-20)22(27)25-19-6-4-15(5-7-19)12-16-8-10-24-11-9-16/h1-11,13,21H,12,14H2,(H,25,27). The molecule has 1 aliphatic heterocycles. The third kappa shape index (κ3) is 4.46. The highest BCUT2D eigenvalue weighted by Crippen LogP contribution is 2.21. The zero-order valence-corrected chi connectivity index (χ0v) is 16.6. The van der Waals surface area contributed by atoms with Gasteiger partial charge in [-0.2, -0.15) is 0 Å². The largest absolute Gasteiger partial charge is 0.382 e. The van der Waals surface area contributed by atoms with Crippen molar-refractivity contribution in [1.29, 1.82) is 0 Å². The molecule has 1 atom stereocenters. The van der Waals surface area contributed by atoms with Crippen molar-refractivity contribution in [2.75, 3.05) is 5.32 Å². The summed E-state index contributed by atoms with van der Waals surface area (Å²) in [4.78, 5) is 21.9. The van der Waals surface area contributed by atoms with Crippen molar-refractivity contribution in [2.45, 2.75) is 18.9 Å². The number of anilines is 1. The van der Waals surface area contributed by atoms with E-state index in [9.17, 15) is 4.79 Å². The first-order chi connectivity index (χ1) is 13.7. The van der Waals surface area contributed by atoms with Gasteiger partial charge in [0.1, 0.15) is 0 Å². The van der Waals surface area contributed by atoms with E-state index in [-0.39, 0.29) is 5.91 Å². The van der Waals surface area contributed by atoms with Gasteiger partial charge in [0.2, 0.25) is 6.10 Å². The Morgan fingerprint density at radius 1 is 1.07 bits per heavy atom. The van der Waals surface area contributed by atoms with Gasteiger partial charge in [-0.05, 0) is 53.9 Å². The number of hydrogen-bond donors (Lipinski definition) is 1. The van der Waals surface area contributed by atoms with Crippen LogP contribution in [0.25, 0.3) is 0 Å². The Labute approximate surface area is 171 Å². The summed E-state index contributed by atoms with van der Waals surface area (Å²) in [6.07, 6.45) is 4.23. The van der Waals surface area contributed by atoms with Crippen LogP contribution in [-0.4, -0.2) is 22.7 Å². The monoisotopic (exact) mass is 435 g/mol. The number of halogens is 1. The van der Waals surface area contributed by atoms with Crippen LogP contribution in [0.15, 0.2) is 82.7 Å². The summed E-state index contributed by atoms with van der Waals surface area (Å²) in [5, 5.41) is 6.98. The zero-order valence-electron chi connectivity index (χ0n) is 15.0. The van der Waals surface area contributed by atoms with Crippen LogP contribution >= 0.6 is 15.9 Å². The molecule has 0 saturated carbocycles. The Morgan fingerprint density at radius 3 is 2.57 bits per heavy atom. The molecule has 0 bridgehead atoms. The molecule has 0 aliphatic carbocycles. The fourth-order valence-electron chi connectivity index (χ4n) is 3.02. The predicted molar refractivity (Wildman–Crippen MR) is 112 cm³/mol. The van der Waals surface area contributed by atoms with E-state index in [1.54, 1.807) is 12.4 Å². The van der Waals surface area contributed by atoms with Crippen LogP contribution < -0.4 is 5.32 Å². The Hall–Kier alpha value is -2.99. The van der Waals surface area contributed by atoms with Crippen LogP contribution in [0.5, 0.6) is 0 Å². The highest BCUT2D eigenvalue weighted by Gasteiger charge is 2.29. The number of amides is 1. The number of nitrogens with zero attached hydrogens (tertiary/aromatic N) is 2. The summed E-state index contributed by atoms with van der Waals surface area (Å²) in [6.45, 7) is 0. The molecule has 2 heterocycles. The SMILES string of the molecule is O=C(Nc1ccc(Cc2ccncc2)cc1)C1CC(c2cccc(Br)c2)=NO1. The van der Waals surface area contributed by atoms with Crippen molar-refractivity contribution in [3.8, 4) is 0 Å². The van der Waals surface area contributed by atoms with E-state index in [1.807, 2.05) is 60.7 Å². The molecule has 5 nitrogen and oxygen atoms in total. The molecule has 4 rings (SSSR count). The Balaban J connectivity index is 1.34. The molecule has 1 unspecified atom stereocenters. The maximum Gasteiger partial charge on any atom is 0.268 e. The van der Waals surface area contributed by atoms with E-state index >= 15 is 0 Å². The molecule has 1 amide bonds. The normalized spacial score (nSPS) is 15.6. The van der Waals surface area contributed by atoms with Crippen molar-refractivity contribution in [3.05, 3.63) is 94.2 Å². The molecule has 0 radical (unpaired) electrons. The summed E-state index contributed by atoms with van der Waals surface area (Å²) in [7, 11) is 0. The minimum Gasteiger partial charge on any atom is -0.382 e. The lowest BCUT2D eigenvalue weighted by atomic mass is 10.0. The van der Waals surface area contributed by atoms with E-state index in [2.05, 4.69) is 31.4 Å². The summed E-state index contributed by atoms with van der Waals surface area (Å²) < 4.78 is 0.965. The molecule has 140 valence electrons. The lowest BCUT2D eigenvalue weighted by Gasteiger charge is -2.10. The minimum absolute atomic E-state index is 0.198. The molecule has 28 heavy (non-hydrogen) atoms. The number of pyridine rings is 1. The molecule has 2 aromatic carbocycles. The first kappa shape index (κ1) is 18.4. The third-order valence-electron chi connectivity index (χ3n) is 4.50. The van der Waals surface area contributed by atoms with Gasteiger partial charge in [0.15, 0.2) is 0 Å². The van der Waals surface area contributed by atoms with Gasteiger partial charge >= 0.3 is 0 Å². The maximum atomic E-state index is 12.5. The maximum absolute atomic E-state index is 12.5. The van der Waals surface area contributed by atoms with Gasteiger partial charge < -0.3 is 10.2 Å². The molecule has 0 fully saturated rings. The molecule has 6 heteroatoms. The molecule has 1 aliphatic rings. The fraction of sp³-hybridized carbons (Fsp3) is 0.136. The first-order valence-corrected chi connectivity index (χ1v) is 9.74. The van der Waals surface area contributed by atoms with E-state index in [0.717, 1.165) is 27.9 Å². The second-order valence-electron chi connectivity index (χ2n) is 6.56. The van der Waals surface area contributed by atoms with Crippen molar-refractivity contribution < 1.29 is 9.63 Å². The number of carbonyl (C=O) groups is 1. The van der Waals surface area contributed by atoms with Crippen LogP contribution in [0.1, 0.15) is 23.1 Å². The number of nitrogens with one attached hydrogen (secondary N) is 1. The quantitative estimate of drug-likeness (QED) is 0.638. The molecule has 0 saturated heterocycles. The van der Waals surface area contributed by atoms with Crippen LogP contribution in [-0.2, 0) is 16.1 Å². The molecule has 0 spiro atoms. The predicted octanol–water partition coefficient (Wildman–Crippen LogP) is 4.57. The lowest BCUT2D eigenvalue weighted by Crippen LogP contribution is -2.28. The van der Waals surface area contributed by atoms with Gasteiger partial charge in [-0.25, -0.2) is 0 Å². The lowest BCUT2D eigenvalue weighted by molar-refractivity contribution is -0.125. The zero-order chi connectivity index (χ0) is 19.3. The van der Waals surface area contributed by atoms with Crippen LogP contribution in [0.2, 0.25) is 0 Å². The average molecular weight is 436 g/mol. The Bertz CT molecular complexity index is 1000. The van der Waals surface area contributed by atoms with Crippen LogP contribution in [0, 0.1) is 0 Å². The van der Waals surface area contributed by atoms with Gasteiger partial charge in [-0.15, -0.1) is 0 Å². The van der Waals surface area contributed by atoms with Gasteiger partial charge in [-0.1, -0.05) is 45.4 Å². The number of rotatable bonds is 5. The molecule has 1 aromatic heterocycles. The third-order valence-corrected chi connectivity index (χ3v) is 4.99. The molecular formula is C22H18BrN3O2. The first-order valence-electron chi connectivity index (χ1n) is 8.95. The van der Waals surface area contributed by atoms with Crippen molar-refractivity contribution in [2.24, 2.45) is 5.16 Å². The van der Waals surface area contributed by atoms with Crippen LogP contribution in [0.3, 0.4) is 0 Å². The van der Waals surface area contributed by atoms with Gasteiger partial charge in [0, 0.05) is 34.5 Å². The Morgan fingerprint density at radius 2 is 1.82 bits per heavy atom. The number of oxime groups is 1. The number of aromatic nitrogens is 1. The van der Waals surface area contributed by atoms with Gasteiger partial charge in [0.25, 0.3) is 5.91 Å². The minimum atomic E-state index is -0.620. The highest BCUT2D eigenvalue weighted by atomic mass is 79.9. The summed E-state index contributed by atoms with van der Waals surface area (Å²) in [5.74, 6) is -0.198. The summed E-state index contributed by atoms with van der Waals surface area (Å²) >= 11 is 3.45. The smallest absolute Gasteiger partial charge is 0.268 e. The molecule has 1 N–H and O–H groups in total. The number of hydrogen-bond acceptors (Lipinski definition) is 4. The van der Waals surface area contributed by atoms with E-state index < -0.39 is 6.10 Å². The fourth-order valence-corrected chi connectivity index (χ4v) is 3.42. The van der Waals surface area contributed by atoms with Gasteiger partial charge in [-0.3, -0.25) is 9.78 Å². The molecule has 3 aromatic rings. The van der Waals surface area contributed by atoms with Gasteiger partial charge in [0.05, 0.1) is 5.71 Å². The van der Waals surface area contributed by atoms with E-state index in [0.29, 0.717) is 6.42 Å². The topological polar surface area (TPSA) is 63.6 Å². The number of benzene rings is 2. The summed E-state index contributed by atoms with van der Waals surface area (Å²) in [6, 6.07) is 19.6. The van der Waals surface area contributed by atoms with E-state index in [1.165, 1.54) is 11.1 Å². The second kappa shape index (κ2) is 8.35. The van der Waals surface area contributed by atoms with Crippen LogP contribution in [0.4, 0.5) is 5.69 Å². The van der Waals surface area contributed by atoms with E-state index in [4.69, 9.17) is 4.84 Å². The Kier molecular flexibility index (Phi) is 5.48. The van der Waals surface area contributed by atoms with Crippen molar-refractivity contribution in [1.82, 2.24) is 4.98 Å². The summed E-state index contributed by atoms with van der Waals surface area (Å²) in [5.41, 5.74) is 4.83. The average Bonchev–Trinajstić information content (AvgIpc) is 3.21. The van der Waals surface area contributed by atoms with Crippen molar-refractivity contribution in [3.63, 3.8) is 0 Å². The molecular weight excluding hydrogens is 418 g/mol.